The molecule has 0 aliphatic heterocycles. The number of hydrogen-bond donors (Lipinski definition) is 4. The van der Waals surface area contributed by atoms with E-state index in [4.69, 9.17) is 4.43 Å². The lowest BCUT2D eigenvalue weighted by Gasteiger charge is -2.40. The molecule has 0 aromatic heterocycles. The van der Waals surface area contributed by atoms with Gasteiger partial charge in [0.05, 0.1) is 19.1 Å². The first-order valence-electron chi connectivity index (χ1n) is 15.6. The fraction of sp³-hybridized carbons (Fsp3) is 0.472. The van der Waals surface area contributed by atoms with Crippen LogP contribution in [0.1, 0.15) is 74.1 Å². The fourth-order valence-corrected chi connectivity index (χ4v) is 6.11. The summed E-state index contributed by atoms with van der Waals surface area (Å²) in [5, 5.41) is 26.6. The molecule has 6 nitrogen and oxygen atoms in total. The first kappa shape index (κ1) is 34.5. The Morgan fingerprint density at radius 1 is 0.953 bits per heavy atom. The van der Waals surface area contributed by atoms with Gasteiger partial charge >= 0.3 is 0 Å². The molecular weight excluding hydrogens is 552 g/mol. The molecule has 3 aromatic rings. The van der Waals surface area contributed by atoms with Crippen LogP contribution in [0.3, 0.4) is 0 Å². The van der Waals surface area contributed by atoms with E-state index in [9.17, 15) is 15.0 Å². The molecule has 1 amide bonds. The summed E-state index contributed by atoms with van der Waals surface area (Å²) in [7, 11) is -2.10. The van der Waals surface area contributed by atoms with Gasteiger partial charge in [0.1, 0.15) is 5.75 Å². The molecule has 43 heavy (non-hydrogen) atoms. The van der Waals surface area contributed by atoms with E-state index in [0.717, 1.165) is 30.4 Å². The highest BCUT2D eigenvalue weighted by Gasteiger charge is 2.39. The summed E-state index contributed by atoms with van der Waals surface area (Å²) in [5.74, 6) is 0.129. The number of phenols is 1. The summed E-state index contributed by atoms with van der Waals surface area (Å²) in [6.07, 6.45) is 2.82. The molecule has 0 aliphatic carbocycles. The summed E-state index contributed by atoms with van der Waals surface area (Å²) < 4.78 is 6.83. The third-order valence-electron chi connectivity index (χ3n) is 8.61. The van der Waals surface area contributed by atoms with Crippen molar-refractivity contribution in [3.63, 3.8) is 0 Å². The molecule has 0 saturated heterocycles. The van der Waals surface area contributed by atoms with Crippen LogP contribution >= 0.6 is 0 Å². The van der Waals surface area contributed by atoms with Gasteiger partial charge in [-0.05, 0) is 84.3 Å². The van der Waals surface area contributed by atoms with Gasteiger partial charge < -0.3 is 25.3 Å². The van der Waals surface area contributed by atoms with Gasteiger partial charge in [0.15, 0.2) is 8.32 Å². The fourth-order valence-electron chi connectivity index (χ4n) is 4.83. The van der Waals surface area contributed by atoms with Crippen molar-refractivity contribution in [2.24, 2.45) is 0 Å². The van der Waals surface area contributed by atoms with Gasteiger partial charge in [0, 0.05) is 24.7 Å². The Labute approximate surface area is 260 Å². The smallest absolute Gasteiger partial charge is 0.224 e. The van der Waals surface area contributed by atoms with Crippen molar-refractivity contribution in [1.29, 1.82) is 0 Å². The zero-order valence-corrected chi connectivity index (χ0v) is 28.2. The van der Waals surface area contributed by atoms with E-state index < -0.39 is 8.32 Å². The third-order valence-corrected chi connectivity index (χ3v) is 13.1. The van der Waals surface area contributed by atoms with Crippen LogP contribution in [0.4, 0.5) is 0 Å². The highest BCUT2D eigenvalue weighted by atomic mass is 28.4. The van der Waals surface area contributed by atoms with Crippen LogP contribution in [-0.2, 0) is 41.5 Å². The van der Waals surface area contributed by atoms with Gasteiger partial charge in [-0.15, -0.1) is 0 Å². The van der Waals surface area contributed by atoms with E-state index in [-0.39, 0.29) is 35.4 Å². The Morgan fingerprint density at radius 3 is 2.28 bits per heavy atom. The number of amides is 1. The summed E-state index contributed by atoms with van der Waals surface area (Å²) in [4.78, 5) is 12.6. The van der Waals surface area contributed by atoms with Crippen molar-refractivity contribution in [3.8, 4) is 5.75 Å². The van der Waals surface area contributed by atoms with E-state index >= 15 is 0 Å². The lowest BCUT2D eigenvalue weighted by Crippen LogP contribution is -2.44. The molecule has 2 atom stereocenters. The monoisotopic (exact) mass is 604 g/mol. The summed E-state index contributed by atoms with van der Waals surface area (Å²) in [6.45, 7) is 16.5. The molecule has 0 spiro atoms. The normalized spacial score (nSPS) is 13.5. The number of carbonyl (C=O) groups is 1. The highest BCUT2D eigenvalue weighted by Crippen LogP contribution is 2.40. The van der Waals surface area contributed by atoms with Gasteiger partial charge in [-0.25, -0.2) is 0 Å². The molecule has 234 valence electrons. The number of aryl methyl sites for hydroxylation is 1. The zero-order chi connectivity index (χ0) is 31.6. The molecule has 0 bridgehead atoms. The summed E-state index contributed by atoms with van der Waals surface area (Å²) >= 11 is 0. The quantitative estimate of drug-likeness (QED) is 0.146. The van der Waals surface area contributed by atoms with E-state index in [1.54, 1.807) is 6.07 Å². The highest BCUT2D eigenvalue weighted by molar-refractivity contribution is 6.74. The van der Waals surface area contributed by atoms with Crippen LogP contribution in [0, 0.1) is 0 Å². The maximum absolute atomic E-state index is 12.6. The first-order chi connectivity index (χ1) is 20.3. The second-order valence-corrected chi connectivity index (χ2v) is 17.9. The summed E-state index contributed by atoms with van der Waals surface area (Å²) in [5.41, 5.74) is 6.19. The molecule has 3 aromatic carbocycles. The number of rotatable bonds is 15. The molecule has 4 N–H and O–H groups in total. The minimum Gasteiger partial charge on any atom is -0.508 e. The lowest BCUT2D eigenvalue weighted by molar-refractivity contribution is -0.120. The van der Waals surface area contributed by atoms with Crippen LogP contribution in [-0.4, -0.2) is 43.6 Å². The van der Waals surface area contributed by atoms with Crippen molar-refractivity contribution >= 4 is 14.2 Å². The van der Waals surface area contributed by atoms with Crippen molar-refractivity contribution in [2.45, 2.75) is 97.2 Å². The minimum atomic E-state index is -2.10. The van der Waals surface area contributed by atoms with Gasteiger partial charge in [-0.3, -0.25) is 4.79 Å². The molecule has 0 radical (unpaired) electrons. The Bertz CT molecular complexity index is 1320. The van der Waals surface area contributed by atoms with Crippen molar-refractivity contribution in [3.05, 3.63) is 100 Å². The first-order valence-corrected chi connectivity index (χ1v) is 18.5. The number of nitrogens with one attached hydrogen (secondary N) is 2. The van der Waals surface area contributed by atoms with Gasteiger partial charge in [0.2, 0.25) is 5.91 Å². The number of aliphatic hydroxyl groups is 1. The average molecular weight is 605 g/mol. The van der Waals surface area contributed by atoms with E-state index in [2.05, 4.69) is 94.7 Å². The number of benzene rings is 3. The van der Waals surface area contributed by atoms with Crippen molar-refractivity contribution in [1.82, 2.24) is 10.6 Å². The van der Waals surface area contributed by atoms with Crippen LogP contribution in [0.15, 0.2) is 66.7 Å². The topological polar surface area (TPSA) is 90.8 Å². The number of hydrogen-bond acceptors (Lipinski definition) is 5. The van der Waals surface area contributed by atoms with Crippen LogP contribution < -0.4 is 10.6 Å². The second-order valence-electron chi connectivity index (χ2n) is 13.2. The van der Waals surface area contributed by atoms with Crippen LogP contribution in [0.2, 0.25) is 18.1 Å². The minimum absolute atomic E-state index is 0.0373. The number of aliphatic hydroxyl groups excluding tert-OH is 1. The molecular formula is C36H52N2O4Si. The maximum atomic E-state index is 12.6. The van der Waals surface area contributed by atoms with Crippen molar-refractivity contribution in [2.75, 3.05) is 13.1 Å². The Balaban J connectivity index is 1.57. The Kier molecular flexibility index (Phi) is 12.6. The third kappa shape index (κ3) is 10.6. The predicted molar refractivity (Wildman–Crippen MR) is 179 cm³/mol. The zero-order valence-electron chi connectivity index (χ0n) is 27.2. The molecule has 0 aliphatic rings. The summed E-state index contributed by atoms with van der Waals surface area (Å²) in [6, 6.07) is 22.4. The lowest BCUT2D eigenvalue weighted by atomic mass is 10.0. The Hall–Kier alpha value is -2.97. The second kappa shape index (κ2) is 15.7. The van der Waals surface area contributed by atoms with Crippen LogP contribution in [0.5, 0.6) is 5.75 Å². The average Bonchev–Trinajstić information content (AvgIpc) is 2.95. The van der Waals surface area contributed by atoms with Gasteiger partial charge in [-0.2, -0.15) is 0 Å². The largest absolute Gasteiger partial charge is 0.508 e. The molecule has 3 rings (SSSR count). The number of aromatic hydroxyl groups is 1. The predicted octanol–water partition coefficient (Wildman–Crippen LogP) is 6.63. The number of carbonyl (C=O) groups excluding carboxylic acids is 1. The standard InChI is InChI=1S/C36H52N2O4Si/c1-8-27-12-14-28(15-13-27)18-19-37-35(41)22-30-11-9-10-29(21-30)20-26(2)38-24-34(42-43(6,7)36(3,4)5)31-16-17-33(40)32(23-31)25-39/h9-17,21,23,26,34,38-40H,8,18-20,22,24-25H2,1-7H3,(H,37,41)/t26-,34+/m1/s1. The Morgan fingerprint density at radius 2 is 1.63 bits per heavy atom. The van der Waals surface area contributed by atoms with Gasteiger partial charge in [0.25, 0.3) is 0 Å². The van der Waals surface area contributed by atoms with Crippen LogP contribution in [0.25, 0.3) is 0 Å². The SMILES string of the molecule is CCc1ccc(CCNC(=O)Cc2cccc(C[C@@H](C)NC[C@H](O[Si](C)(C)C(C)(C)C)c3ccc(O)c(CO)c3)c2)cc1. The van der Waals surface area contributed by atoms with E-state index in [0.29, 0.717) is 25.1 Å². The molecule has 7 heteroatoms. The van der Waals surface area contributed by atoms with Gasteiger partial charge in [-0.1, -0.05) is 82.3 Å². The molecule has 0 saturated carbocycles. The molecule has 0 fully saturated rings. The van der Waals surface area contributed by atoms with E-state index in [1.165, 1.54) is 16.7 Å². The van der Waals surface area contributed by atoms with Crippen molar-refractivity contribution < 1.29 is 19.4 Å². The maximum Gasteiger partial charge on any atom is 0.224 e. The van der Waals surface area contributed by atoms with E-state index in [1.807, 2.05) is 24.3 Å². The molecule has 0 unspecified atom stereocenters. The molecule has 0 heterocycles.